The van der Waals surface area contributed by atoms with Gasteiger partial charge in [-0.05, 0) is 48.6 Å². The van der Waals surface area contributed by atoms with E-state index in [1.807, 2.05) is 13.8 Å². The zero-order valence-corrected chi connectivity index (χ0v) is 14.0. The van der Waals surface area contributed by atoms with E-state index < -0.39 is 0 Å². The highest BCUT2D eigenvalue weighted by molar-refractivity contribution is 14.1. The average Bonchev–Trinajstić information content (AvgIpc) is 2.34. The van der Waals surface area contributed by atoms with Gasteiger partial charge < -0.3 is 5.32 Å². The molecular formula is C13H11Cl2IN2O. The molecule has 2 aromatic rings. The smallest absolute Gasteiger partial charge is 0.253 e. The van der Waals surface area contributed by atoms with Crippen LogP contribution in [0.2, 0.25) is 10.0 Å². The Bertz CT molecular complexity index is 659. The topological polar surface area (TPSA) is 42.0 Å². The van der Waals surface area contributed by atoms with Gasteiger partial charge in [-0.15, -0.1) is 0 Å². The molecule has 0 radical (unpaired) electrons. The van der Waals surface area contributed by atoms with Crippen LogP contribution in [-0.2, 0) is 0 Å². The van der Waals surface area contributed by atoms with E-state index >= 15 is 0 Å². The fourth-order valence-corrected chi connectivity index (χ4v) is 3.00. The molecule has 3 nitrogen and oxygen atoms in total. The highest BCUT2D eigenvalue weighted by Crippen LogP contribution is 2.33. The molecular weight excluding hydrogens is 398 g/mol. The van der Waals surface area contributed by atoms with Gasteiger partial charge in [-0.2, -0.15) is 0 Å². The summed E-state index contributed by atoms with van der Waals surface area (Å²) in [6.45, 7) is 3.80. The Morgan fingerprint density at radius 3 is 2.68 bits per heavy atom. The van der Waals surface area contributed by atoms with Gasteiger partial charge in [0.1, 0.15) is 0 Å². The van der Waals surface area contributed by atoms with Crippen LogP contribution in [0.5, 0.6) is 0 Å². The van der Waals surface area contributed by atoms with Gasteiger partial charge in [0.05, 0.1) is 21.1 Å². The minimum absolute atomic E-state index is 0.0677. The fraction of sp³-hybridized carbons (Fsp3) is 0.231. The SMILES string of the molecule is CC(C)NC(=O)c1cnc2c(I)cc(Cl)c(Cl)c2c1. The van der Waals surface area contributed by atoms with Crippen molar-refractivity contribution in [3.8, 4) is 0 Å². The van der Waals surface area contributed by atoms with E-state index in [0.717, 1.165) is 9.09 Å². The molecule has 0 fully saturated rings. The van der Waals surface area contributed by atoms with E-state index in [4.69, 9.17) is 23.2 Å². The van der Waals surface area contributed by atoms with Gasteiger partial charge in [-0.3, -0.25) is 9.78 Å². The summed E-state index contributed by atoms with van der Waals surface area (Å²) in [5.41, 5.74) is 1.22. The van der Waals surface area contributed by atoms with Gasteiger partial charge in [-0.25, -0.2) is 0 Å². The lowest BCUT2D eigenvalue weighted by atomic mass is 10.1. The molecule has 0 aliphatic heterocycles. The van der Waals surface area contributed by atoms with Crippen LogP contribution in [-0.4, -0.2) is 16.9 Å². The van der Waals surface area contributed by atoms with E-state index in [1.165, 1.54) is 0 Å². The van der Waals surface area contributed by atoms with E-state index in [9.17, 15) is 4.79 Å². The molecule has 1 N–H and O–H groups in total. The van der Waals surface area contributed by atoms with Crippen LogP contribution < -0.4 is 5.32 Å². The Hall–Kier alpha value is -0.590. The molecule has 100 valence electrons. The Labute approximate surface area is 134 Å². The van der Waals surface area contributed by atoms with Crippen molar-refractivity contribution in [2.75, 3.05) is 0 Å². The van der Waals surface area contributed by atoms with Gasteiger partial charge in [0.25, 0.3) is 5.91 Å². The minimum Gasteiger partial charge on any atom is -0.350 e. The molecule has 1 aromatic carbocycles. The van der Waals surface area contributed by atoms with Crippen LogP contribution in [0, 0.1) is 3.57 Å². The second-order valence-corrected chi connectivity index (χ2v) is 6.35. The Morgan fingerprint density at radius 2 is 2.05 bits per heavy atom. The third-order valence-electron chi connectivity index (χ3n) is 2.50. The van der Waals surface area contributed by atoms with Crippen LogP contribution in [0.3, 0.4) is 0 Å². The fourth-order valence-electron chi connectivity index (χ4n) is 1.66. The highest BCUT2D eigenvalue weighted by atomic mass is 127. The lowest BCUT2D eigenvalue weighted by Gasteiger charge is -2.10. The van der Waals surface area contributed by atoms with Crippen LogP contribution >= 0.6 is 45.8 Å². The first kappa shape index (κ1) is 14.8. The molecule has 0 bridgehead atoms. The molecule has 0 spiro atoms. The first-order valence-corrected chi connectivity index (χ1v) is 7.47. The molecule has 1 heterocycles. The lowest BCUT2D eigenvalue weighted by Crippen LogP contribution is -2.30. The molecule has 0 aliphatic rings. The summed E-state index contributed by atoms with van der Waals surface area (Å²) < 4.78 is 0.901. The van der Waals surface area contributed by atoms with Crippen LogP contribution in [0.25, 0.3) is 10.9 Å². The van der Waals surface area contributed by atoms with Gasteiger partial charge in [0.15, 0.2) is 0 Å². The van der Waals surface area contributed by atoms with Crippen LogP contribution in [0.15, 0.2) is 18.3 Å². The summed E-state index contributed by atoms with van der Waals surface area (Å²) in [6, 6.07) is 3.54. The number of carbonyl (C=O) groups is 1. The first-order valence-electron chi connectivity index (χ1n) is 5.64. The molecule has 0 atom stereocenters. The van der Waals surface area contributed by atoms with E-state index in [0.29, 0.717) is 21.0 Å². The molecule has 0 saturated carbocycles. The number of halogens is 3. The van der Waals surface area contributed by atoms with Crippen LogP contribution in [0.4, 0.5) is 0 Å². The Balaban J connectivity index is 2.57. The Morgan fingerprint density at radius 1 is 1.37 bits per heavy atom. The van der Waals surface area contributed by atoms with Gasteiger partial charge in [0, 0.05) is 21.2 Å². The summed E-state index contributed by atoms with van der Waals surface area (Å²) in [7, 11) is 0. The number of benzene rings is 1. The first-order chi connectivity index (χ1) is 8.90. The van der Waals surface area contributed by atoms with Crippen molar-refractivity contribution in [3.05, 3.63) is 37.5 Å². The van der Waals surface area contributed by atoms with E-state index in [1.54, 1.807) is 18.3 Å². The summed E-state index contributed by atoms with van der Waals surface area (Å²) >= 11 is 14.4. The van der Waals surface area contributed by atoms with Crippen molar-refractivity contribution in [1.29, 1.82) is 0 Å². The number of carbonyl (C=O) groups excluding carboxylic acids is 1. The van der Waals surface area contributed by atoms with Crippen molar-refractivity contribution in [3.63, 3.8) is 0 Å². The van der Waals surface area contributed by atoms with Gasteiger partial charge >= 0.3 is 0 Å². The molecule has 1 amide bonds. The van der Waals surface area contributed by atoms with E-state index in [-0.39, 0.29) is 11.9 Å². The van der Waals surface area contributed by atoms with Crippen molar-refractivity contribution < 1.29 is 4.79 Å². The summed E-state index contributed by atoms with van der Waals surface area (Å²) in [6.07, 6.45) is 1.55. The molecule has 1 aromatic heterocycles. The Kier molecular flexibility index (Phi) is 4.53. The number of rotatable bonds is 2. The van der Waals surface area contributed by atoms with Gasteiger partial charge in [0.2, 0.25) is 0 Å². The number of pyridine rings is 1. The quantitative estimate of drug-likeness (QED) is 0.595. The molecule has 6 heteroatoms. The predicted molar refractivity (Wildman–Crippen MR) is 87.1 cm³/mol. The summed E-state index contributed by atoms with van der Waals surface area (Å²) in [4.78, 5) is 16.3. The maximum atomic E-state index is 12.0. The number of nitrogens with one attached hydrogen (secondary N) is 1. The van der Waals surface area contributed by atoms with Crippen molar-refractivity contribution in [1.82, 2.24) is 10.3 Å². The highest BCUT2D eigenvalue weighted by Gasteiger charge is 2.13. The third kappa shape index (κ3) is 3.12. The number of hydrogen-bond donors (Lipinski definition) is 1. The van der Waals surface area contributed by atoms with Gasteiger partial charge in [-0.1, -0.05) is 23.2 Å². The number of hydrogen-bond acceptors (Lipinski definition) is 2. The number of fused-ring (bicyclic) bond motifs is 1. The normalized spacial score (nSPS) is 11.1. The number of amides is 1. The summed E-state index contributed by atoms with van der Waals surface area (Å²) in [5, 5.41) is 4.39. The van der Waals surface area contributed by atoms with Crippen molar-refractivity contribution in [2.24, 2.45) is 0 Å². The number of aromatic nitrogens is 1. The van der Waals surface area contributed by atoms with Crippen molar-refractivity contribution in [2.45, 2.75) is 19.9 Å². The molecule has 19 heavy (non-hydrogen) atoms. The maximum absolute atomic E-state index is 12.0. The lowest BCUT2D eigenvalue weighted by molar-refractivity contribution is 0.0943. The minimum atomic E-state index is -0.171. The second kappa shape index (κ2) is 5.81. The molecule has 0 saturated heterocycles. The zero-order valence-electron chi connectivity index (χ0n) is 10.3. The molecule has 2 rings (SSSR count). The third-order valence-corrected chi connectivity index (χ3v) is 4.12. The molecule has 0 aliphatic carbocycles. The van der Waals surface area contributed by atoms with Crippen LogP contribution in [0.1, 0.15) is 24.2 Å². The standard InChI is InChI=1S/C13H11Cl2IN2O/c1-6(2)18-13(19)7-3-8-11(15)9(14)4-10(16)12(8)17-5-7/h3-6H,1-2H3,(H,18,19). The zero-order chi connectivity index (χ0) is 14.2. The maximum Gasteiger partial charge on any atom is 0.253 e. The number of nitrogens with zero attached hydrogens (tertiary/aromatic N) is 1. The largest absolute Gasteiger partial charge is 0.350 e. The predicted octanol–water partition coefficient (Wildman–Crippen LogP) is 4.28. The average molecular weight is 409 g/mol. The van der Waals surface area contributed by atoms with Crippen molar-refractivity contribution >= 4 is 62.6 Å². The van der Waals surface area contributed by atoms with E-state index in [2.05, 4.69) is 32.9 Å². The second-order valence-electron chi connectivity index (χ2n) is 4.40. The summed E-state index contributed by atoms with van der Waals surface area (Å²) in [5.74, 6) is -0.171. The monoisotopic (exact) mass is 408 g/mol. The molecule has 0 unspecified atom stereocenters.